The highest BCUT2D eigenvalue weighted by atomic mass is 79.9. The highest BCUT2D eigenvalue weighted by molar-refractivity contribution is 4.54. The van der Waals surface area contributed by atoms with Gasteiger partial charge in [0.25, 0.3) is 0 Å². The van der Waals surface area contributed by atoms with Gasteiger partial charge in [0.1, 0.15) is 0 Å². The van der Waals surface area contributed by atoms with Gasteiger partial charge >= 0.3 is 0 Å². The molecule has 0 N–H and O–H groups in total. The Labute approximate surface area is 302 Å². The van der Waals surface area contributed by atoms with Gasteiger partial charge in [-0.15, -0.1) is 0 Å². The Bertz CT molecular complexity index is 438. The van der Waals surface area contributed by atoms with E-state index in [0.717, 1.165) is 0 Å². The molecule has 4 heteroatoms. The van der Waals surface area contributed by atoms with E-state index in [1.165, 1.54) is 228 Å². The van der Waals surface area contributed by atoms with Crippen LogP contribution in [0.1, 0.15) is 208 Å². The Morgan fingerprint density at radius 1 is 0.205 bits per heavy atom. The third-order valence-corrected chi connectivity index (χ3v) is 10.4. The lowest BCUT2D eigenvalue weighted by molar-refractivity contribution is -0.929. The van der Waals surface area contributed by atoms with Gasteiger partial charge in [-0.05, 0) is 64.2 Å². The Balaban J connectivity index is -0.00000840. The predicted molar refractivity (Wildman–Crippen MR) is 194 cm³/mol. The molecule has 0 rings (SSSR count). The van der Waals surface area contributed by atoms with E-state index in [4.69, 9.17) is 0 Å². The van der Waals surface area contributed by atoms with E-state index in [1.807, 2.05) is 0 Å². The average Bonchev–Trinajstić information content (AvgIpc) is 3.01. The Morgan fingerprint density at radius 3 is 0.500 bits per heavy atom. The molecule has 0 aromatic carbocycles. The molecule has 0 heterocycles. The Morgan fingerprint density at radius 2 is 0.341 bits per heavy atom. The topological polar surface area (TPSA) is 0 Å². The van der Waals surface area contributed by atoms with Crippen LogP contribution in [0.25, 0.3) is 0 Å². The van der Waals surface area contributed by atoms with Crippen LogP contribution < -0.4 is 34.0 Å². The minimum absolute atomic E-state index is 0. The standard InChI is InChI=1S/C40H86N2.2BrH/c1-7-13-33-41(34-14-8-2,35-15-9-3)39-31-29-27-25-23-21-19-20-22-24-26-28-30-32-40-42(36-16-10-4,37-17-11-5)38-18-12-6;;/h7-40H2,1-6H3;2*1H/q+2;;/p-2. The van der Waals surface area contributed by atoms with Gasteiger partial charge in [-0.1, -0.05) is 144 Å². The summed E-state index contributed by atoms with van der Waals surface area (Å²) in [4.78, 5) is 0. The summed E-state index contributed by atoms with van der Waals surface area (Å²) in [5, 5.41) is 0. The van der Waals surface area contributed by atoms with Gasteiger partial charge in [0, 0.05) is 0 Å². The third-order valence-electron chi connectivity index (χ3n) is 10.4. The van der Waals surface area contributed by atoms with Crippen LogP contribution in [0, 0.1) is 0 Å². The maximum absolute atomic E-state index is 2.37. The average molecular weight is 755 g/mol. The van der Waals surface area contributed by atoms with Crippen molar-refractivity contribution in [2.75, 3.05) is 52.4 Å². The fourth-order valence-corrected chi connectivity index (χ4v) is 7.32. The molecular formula is C40H86Br2N2. The van der Waals surface area contributed by atoms with Crippen LogP contribution in [0.5, 0.6) is 0 Å². The molecule has 2 nitrogen and oxygen atoms in total. The van der Waals surface area contributed by atoms with Crippen molar-refractivity contribution in [2.45, 2.75) is 208 Å². The van der Waals surface area contributed by atoms with E-state index >= 15 is 0 Å². The van der Waals surface area contributed by atoms with Crippen molar-refractivity contribution >= 4 is 0 Å². The fourth-order valence-electron chi connectivity index (χ4n) is 7.32. The first-order valence-electron chi connectivity index (χ1n) is 20.3. The summed E-state index contributed by atoms with van der Waals surface area (Å²) in [6.07, 6.45) is 37.4. The fraction of sp³-hybridized carbons (Fsp3) is 1.00. The molecule has 0 fully saturated rings. The number of hydrogen-bond donors (Lipinski definition) is 0. The number of nitrogens with zero attached hydrogens (tertiary/aromatic N) is 2. The van der Waals surface area contributed by atoms with Crippen molar-refractivity contribution in [3.05, 3.63) is 0 Å². The summed E-state index contributed by atoms with van der Waals surface area (Å²) < 4.78 is 2.87. The molecule has 0 radical (unpaired) electrons. The largest absolute Gasteiger partial charge is 1.00 e. The summed E-state index contributed by atoms with van der Waals surface area (Å²) in [5.74, 6) is 0. The smallest absolute Gasteiger partial charge is 0.0786 e. The van der Waals surface area contributed by atoms with Crippen molar-refractivity contribution in [3.63, 3.8) is 0 Å². The molecule has 0 aliphatic heterocycles. The normalized spacial score (nSPS) is 11.9. The van der Waals surface area contributed by atoms with Gasteiger partial charge in [-0.2, -0.15) is 0 Å². The minimum atomic E-state index is 0. The minimum Gasteiger partial charge on any atom is -1.00 e. The molecule has 0 aromatic heterocycles. The summed E-state index contributed by atoms with van der Waals surface area (Å²) in [5.41, 5.74) is 0. The van der Waals surface area contributed by atoms with E-state index in [0.29, 0.717) is 0 Å². The van der Waals surface area contributed by atoms with Crippen LogP contribution in [0.3, 0.4) is 0 Å². The SMILES string of the molecule is CCCC[N+](CCCC)(CCCC)CCCCCCCCCCCCCCCC[N+](CCCC)(CCCC)CCCC.[Br-].[Br-]. The zero-order valence-corrected chi connectivity index (χ0v) is 34.9. The Hall–Kier alpha value is 0.880. The molecule has 0 aromatic rings. The first-order valence-corrected chi connectivity index (χ1v) is 20.3. The molecule has 0 saturated carbocycles. The highest BCUT2D eigenvalue weighted by Crippen LogP contribution is 2.20. The van der Waals surface area contributed by atoms with Crippen molar-refractivity contribution in [3.8, 4) is 0 Å². The maximum atomic E-state index is 2.37. The van der Waals surface area contributed by atoms with Crippen molar-refractivity contribution in [1.82, 2.24) is 0 Å². The van der Waals surface area contributed by atoms with Gasteiger partial charge in [-0.3, -0.25) is 0 Å². The second-order valence-corrected chi connectivity index (χ2v) is 14.5. The van der Waals surface area contributed by atoms with E-state index in [1.54, 1.807) is 0 Å². The summed E-state index contributed by atoms with van der Waals surface area (Å²) in [6.45, 7) is 25.8. The lowest BCUT2D eigenvalue weighted by atomic mass is 10.0. The molecule has 0 unspecified atom stereocenters. The quantitative estimate of drug-likeness (QED) is 0.0489. The third kappa shape index (κ3) is 27.9. The lowest BCUT2D eigenvalue weighted by Crippen LogP contribution is -3.00. The lowest BCUT2D eigenvalue weighted by Gasteiger charge is -2.39. The van der Waals surface area contributed by atoms with Crippen LogP contribution in [-0.2, 0) is 0 Å². The number of unbranched alkanes of at least 4 members (excludes halogenated alkanes) is 19. The molecule has 0 aliphatic carbocycles. The monoisotopic (exact) mass is 753 g/mol. The first kappa shape index (κ1) is 49.3. The second-order valence-electron chi connectivity index (χ2n) is 14.5. The molecule has 0 aliphatic rings. The van der Waals surface area contributed by atoms with E-state index in [-0.39, 0.29) is 34.0 Å². The van der Waals surface area contributed by atoms with Crippen LogP contribution >= 0.6 is 0 Å². The number of halogens is 2. The molecule has 44 heavy (non-hydrogen) atoms. The van der Waals surface area contributed by atoms with Crippen LogP contribution in [0.2, 0.25) is 0 Å². The van der Waals surface area contributed by atoms with Gasteiger partial charge in [-0.25, -0.2) is 0 Å². The van der Waals surface area contributed by atoms with Gasteiger partial charge < -0.3 is 42.9 Å². The van der Waals surface area contributed by atoms with Gasteiger partial charge in [0.05, 0.1) is 52.4 Å². The first-order chi connectivity index (χ1) is 20.6. The summed E-state index contributed by atoms with van der Waals surface area (Å²) in [7, 11) is 0. The van der Waals surface area contributed by atoms with Gasteiger partial charge in [0.2, 0.25) is 0 Å². The molecule has 0 amide bonds. The van der Waals surface area contributed by atoms with E-state index < -0.39 is 0 Å². The van der Waals surface area contributed by atoms with Gasteiger partial charge in [0.15, 0.2) is 0 Å². The molecule has 0 spiro atoms. The van der Waals surface area contributed by atoms with Crippen molar-refractivity contribution < 1.29 is 42.9 Å². The predicted octanol–water partition coefficient (Wildman–Crippen LogP) is 6.89. The van der Waals surface area contributed by atoms with E-state index in [2.05, 4.69) is 41.5 Å². The molecule has 0 bridgehead atoms. The number of hydrogen-bond acceptors (Lipinski definition) is 0. The van der Waals surface area contributed by atoms with Crippen LogP contribution in [0.4, 0.5) is 0 Å². The zero-order chi connectivity index (χ0) is 31.0. The summed E-state index contributed by atoms with van der Waals surface area (Å²) >= 11 is 0. The molecule has 0 atom stereocenters. The number of quaternary nitrogens is 2. The van der Waals surface area contributed by atoms with Crippen molar-refractivity contribution in [2.24, 2.45) is 0 Å². The van der Waals surface area contributed by atoms with Crippen LogP contribution in [0.15, 0.2) is 0 Å². The Kier molecular flexibility index (Phi) is 41.1. The molecule has 0 saturated heterocycles. The molecular weight excluding hydrogens is 668 g/mol. The zero-order valence-electron chi connectivity index (χ0n) is 31.7. The van der Waals surface area contributed by atoms with Crippen LogP contribution in [-0.4, -0.2) is 61.3 Å². The second kappa shape index (κ2) is 36.7. The van der Waals surface area contributed by atoms with E-state index in [9.17, 15) is 0 Å². The molecule has 270 valence electrons. The van der Waals surface area contributed by atoms with Crippen molar-refractivity contribution in [1.29, 1.82) is 0 Å². The maximum Gasteiger partial charge on any atom is 0.0786 e. The summed E-state index contributed by atoms with van der Waals surface area (Å²) in [6, 6.07) is 0. The number of rotatable bonds is 35. The highest BCUT2D eigenvalue weighted by Gasteiger charge is 2.26.